The molecule has 200 valence electrons. The summed E-state index contributed by atoms with van der Waals surface area (Å²) in [4.78, 5) is 0. The first kappa shape index (κ1) is 23.8. The molecule has 0 N–H and O–H groups in total. The normalized spacial score (nSPS) is 18.8. The van der Waals surface area contributed by atoms with Crippen molar-refractivity contribution < 1.29 is 0 Å². The van der Waals surface area contributed by atoms with Gasteiger partial charge in [-0.3, -0.25) is 0 Å². The van der Waals surface area contributed by atoms with E-state index in [-0.39, 0.29) is 6.04 Å². The Morgan fingerprint density at radius 2 is 1.24 bits per heavy atom. The summed E-state index contributed by atoms with van der Waals surface area (Å²) in [5, 5.41) is 10.7. The quantitative estimate of drug-likeness (QED) is 0.193. The lowest BCUT2D eigenvalue weighted by molar-refractivity contribution is 0.595. The van der Waals surface area contributed by atoms with E-state index in [0.29, 0.717) is 5.92 Å². The Morgan fingerprint density at radius 3 is 2.10 bits per heavy atom. The molecule has 6 aromatic carbocycles. The molecule has 0 bridgehead atoms. The van der Waals surface area contributed by atoms with Crippen LogP contribution in [0.4, 0.5) is 0 Å². The predicted octanol–water partition coefficient (Wildman–Crippen LogP) is 11.2. The second kappa shape index (κ2) is 9.06. The van der Waals surface area contributed by atoms with Gasteiger partial charge >= 0.3 is 0 Å². The number of hydrogen-bond acceptors (Lipinski definition) is 0. The summed E-state index contributed by atoms with van der Waals surface area (Å²) in [6, 6.07) is 42.8. The average Bonchev–Trinajstić information content (AvgIpc) is 3.39. The molecule has 0 amide bonds. The third-order valence-electron chi connectivity index (χ3n) is 9.62. The number of benzene rings is 6. The van der Waals surface area contributed by atoms with Crippen LogP contribution in [0.3, 0.4) is 0 Å². The number of rotatable bonds is 2. The zero-order chi connectivity index (χ0) is 27.8. The number of allylic oxidation sites excluding steroid dienone is 6. The van der Waals surface area contributed by atoms with Crippen molar-refractivity contribution in [1.29, 1.82) is 0 Å². The van der Waals surface area contributed by atoms with Crippen LogP contribution in [0.2, 0.25) is 0 Å². The molecule has 2 aliphatic rings. The van der Waals surface area contributed by atoms with Crippen LogP contribution in [0, 0.1) is 5.92 Å². The van der Waals surface area contributed by atoms with E-state index in [1.54, 1.807) is 0 Å². The fraction of sp³-hybridized carbons (Fsp3) is 0.122. The molecule has 1 nitrogen and oxygen atoms in total. The Kier molecular flexibility index (Phi) is 5.13. The molecule has 1 aromatic heterocycles. The molecule has 2 aliphatic carbocycles. The molecule has 0 spiro atoms. The number of aromatic nitrogens is 1. The number of fused-ring (bicyclic) bond motifs is 11. The standard InChI is InChI=1S/C41H31N/c1-26-19-21-32-29(27-11-3-2-4-12-27)23-24-38(36(32)25-26)42-37-18-10-9-17-35(37)40-39-30-14-6-5-13-28(30)20-22-33(39)31-15-7-8-16-34(31)41(40)42/h2-18,20-23,25-26,38H,19,24H2,1H3. The summed E-state index contributed by atoms with van der Waals surface area (Å²) < 4.78 is 2.70. The van der Waals surface area contributed by atoms with E-state index >= 15 is 0 Å². The van der Waals surface area contributed by atoms with Crippen molar-refractivity contribution in [2.75, 3.05) is 0 Å². The van der Waals surface area contributed by atoms with Gasteiger partial charge in [0.2, 0.25) is 0 Å². The number of nitrogens with zero attached hydrogens (tertiary/aromatic N) is 1. The Labute approximate surface area is 245 Å². The maximum Gasteiger partial charge on any atom is 0.0629 e. The fourth-order valence-corrected chi connectivity index (χ4v) is 7.84. The first-order valence-corrected chi connectivity index (χ1v) is 15.2. The van der Waals surface area contributed by atoms with Gasteiger partial charge < -0.3 is 4.57 Å². The average molecular weight is 538 g/mol. The summed E-state index contributed by atoms with van der Waals surface area (Å²) in [6.07, 6.45) is 9.62. The summed E-state index contributed by atoms with van der Waals surface area (Å²) in [5.41, 5.74) is 8.26. The van der Waals surface area contributed by atoms with E-state index in [9.17, 15) is 0 Å². The van der Waals surface area contributed by atoms with E-state index in [0.717, 1.165) is 12.8 Å². The van der Waals surface area contributed by atoms with Crippen LogP contribution in [0.25, 0.3) is 59.7 Å². The van der Waals surface area contributed by atoms with Gasteiger partial charge in [-0.1, -0.05) is 134 Å². The van der Waals surface area contributed by atoms with Crippen LogP contribution in [-0.4, -0.2) is 4.57 Å². The molecule has 0 aliphatic heterocycles. The zero-order valence-corrected chi connectivity index (χ0v) is 23.7. The van der Waals surface area contributed by atoms with Gasteiger partial charge in [0.15, 0.2) is 0 Å². The maximum absolute atomic E-state index is 2.70. The largest absolute Gasteiger partial charge is 0.332 e. The van der Waals surface area contributed by atoms with Crippen LogP contribution in [-0.2, 0) is 0 Å². The van der Waals surface area contributed by atoms with Crippen molar-refractivity contribution in [3.05, 3.63) is 150 Å². The Bertz CT molecular complexity index is 2310. The van der Waals surface area contributed by atoms with E-state index in [1.165, 1.54) is 76.4 Å². The summed E-state index contributed by atoms with van der Waals surface area (Å²) in [6.45, 7) is 2.36. The first-order chi connectivity index (χ1) is 20.8. The molecule has 0 fully saturated rings. The lowest BCUT2D eigenvalue weighted by atomic mass is 9.77. The van der Waals surface area contributed by atoms with E-state index in [1.807, 2.05) is 0 Å². The SMILES string of the molecule is CC1C=C2C(=CC1)C(c1ccccc1)=CCC2n1c2ccccc2c2c3c4ccccc4ccc3c3ccccc3c21. The highest BCUT2D eigenvalue weighted by Gasteiger charge is 2.32. The molecular formula is C41H31N. The van der Waals surface area contributed by atoms with Crippen LogP contribution in [0.1, 0.15) is 31.4 Å². The Morgan fingerprint density at radius 1 is 0.548 bits per heavy atom. The van der Waals surface area contributed by atoms with Crippen LogP contribution in [0.5, 0.6) is 0 Å². The van der Waals surface area contributed by atoms with Crippen molar-refractivity contribution >= 4 is 59.7 Å². The Balaban J connectivity index is 1.44. The third kappa shape index (κ3) is 3.31. The molecule has 2 atom stereocenters. The topological polar surface area (TPSA) is 4.93 Å². The first-order valence-electron chi connectivity index (χ1n) is 15.2. The Hall–Kier alpha value is -4.88. The minimum absolute atomic E-state index is 0.227. The van der Waals surface area contributed by atoms with Gasteiger partial charge in [-0.25, -0.2) is 0 Å². The van der Waals surface area contributed by atoms with E-state index in [4.69, 9.17) is 0 Å². The molecule has 2 unspecified atom stereocenters. The molecule has 0 radical (unpaired) electrons. The summed E-state index contributed by atoms with van der Waals surface area (Å²) >= 11 is 0. The molecule has 7 aromatic rings. The highest BCUT2D eigenvalue weighted by Crippen LogP contribution is 2.50. The van der Waals surface area contributed by atoms with Gasteiger partial charge in [-0.05, 0) is 68.7 Å². The van der Waals surface area contributed by atoms with Crippen molar-refractivity contribution in [2.24, 2.45) is 5.92 Å². The predicted molar refractivity (Wildman–Crippen MR) is 180 cm³/mol. The highest BCUT2D eigenvalue weighted by molar-refractivity contribution is 6.36. The van der Waals surface area contributed by atoms with Crippen LogP contribution < -0.4 is 0 Å². The van der Waals surface area contributed by atoms with Gasteiger partial charge in [-0.15, -0.1) is 0 Å². The second-order valence-corrected chi connectivity index (χ2v) is 12.1. The van der Waals surface area contributed by atoms with Gasteiger partial charge in [-0.2, -0.15) is 0 Å². The van der Waals surface area contributed by atoms with Gasteiger partial charge in [0.05, 0.1) is 11.6 Å². The molecule has 42 heavy (non-hydrogen) atoms. The molecule has 0 saturated carbocycles. The van der Waals surface area contributed by atoms with Gasteiger partial charge in [0.1, 0.15) is 0 Å². The monoisotopic (exact) mass is 537 g/mol. The third-order valence-corrected chi connectivity index (χ3v) is 9.62. The molecule has 0 saturated heterocycles. The molecule has 1 heterocycles. The molecule has 1 heteroatoms. The smallest absolute Gasteiger partial charge is 0.0629 e. The van der Waals surface area contributed by atoms with Crippen molar-refractivity contribution in [3.8, 4) is 0 Å². The van der Waals surface area contributed by atoms with E-state index < -0.39 is 0 Å². The molecular weight excluding hydrogens is 506 g/mol. The lowest BCUT2D eigenvalue weighted by Gasteiger charge is -2.34. The van der Waals surface area contributed by atoms with Gasteiger partial charge in [0.25, 0.3) is 0 Å². The number of para-hydroxylation sites is 1. The van der Waals surface area contributed by atoms with Crippen molar-refractivity contribution in [2.45, 2.75) is 25.8 Å². The van der Waals surface area contributed by atoms with Crippen LogP contribution >= 0.6 is 0 Å². The summed E-state index contributed by atoms with van der Waals surface area (Å²) in [7, 11) is 0. The summed E-state index contributed by atoms with van der Waals surface area (Å²) in [5.74, 6) is 0.524. The van der Waals surface area contributed by atoms with Crippen molar-refractivity contribution in [3.63, 3.8) is 0 Å². The molecule has 9 rings (SSSR count). The lowest BCUT2D eigenvalue weighted by Crippen LogP contribution is -2.20. The number of hydrogen-bond donors (Lipinski definition) is 0. The van der Waals surface area contributed by atoms with Crippen LogP contribution in [0.15, 0.2) is 145 Å². The second-order valence-electron chi connectivity index (χ2n) is 12.1. The maximum atomic E-state index is 2.70. The highest BCUT2D eigenvalue weighted by atomic mass is 15.0. The van der Waals surface area contributed by atoms with Gasteiger partial charge in [0, 0.05) is 27.1 Å². The minimum Gasteiger partial charge on any atom is -0.332 e. The zero-order valence-electron chi connectivity index (χ0n) is 23.7. The van der Waals surface area contributed by atoms with Crippen molar-refractivity contribution in [1.82, 2.24) is 4.57 Å². The fourth-order valence-electron chi connectivity index (χ4n) is 7.84. The van der Waals surface area contributed by atoms with E-state index in [2.05, 4.69) is 145 Å². The minimum atomic E-state index is 0.227.